The van der Waals surface area contributed by atoms with Gasteiger partial charge in [-0.25, -0.2) is 4.98 Å². The maximum absolute atomic E-state index is 12.8. The predicted molar refractivity (Wildman–Crippen MR) is 87.4 cm³/mol. The van der Waals surface area contributed by atoms with E-state index >= 15 is 0 Å². The molecule has 2 N–H and O–H groups in total. The fourth-order valence-corrected chi connectivity index (χ4v) is 3.43. The summed E-state index contributed by atoms with van der Waals surface area (Å²) in [5.41, 5.74) is 6.12. The summed E-state index contributed by atoms with van der Waals surface area (Å²) in [5, 5.41) is 0.683. The number of aryl methyl sites for hydroxylation is 2. The van der Waals surface area contributed by atoms with Gasteiger partial charge in [-0.3, -0.25) is 14.2 Å². The lowest BCUT2D eigenvalue weighted by Crippen LogP contribution is -2.27. The van der Waals surface area contributed by atoms with Gasteiger partial charge in [0, 0.05) is 31.4 Å². The van der Waals surface area contributed by atoms with Crippen LogP contribution in [0.1, 0.15) is 29.1 Å². The van der Waals surface area contributed by atoms with Gasteiger partial charge in [-0.2, -0.15) is 0 Å². The van der Waals surface area contributed by atoms with Crippen molar-refractivity contribution in [3.8, 4) is 0 Å². The molecule has 7 heteroatoms. The number of fused-ring (bicyclic) bond motifs is 1. The molecule has 0 radical (unpaired) electrons. The van der Waals surface area contributed by atoms with E-state index in [1.165, 1.54) is 11.3 Å². The normalized spacial score (nSPS) is 11.2. The van der Waals surface area contributed by atoms with Crippen LogP contribution in [0.15, 0.2) is 4.79 Å². The summed E-state index contributed by atoms with van der Waals surface area (Å²) in [6, 6.07) is 0. The van der Waals surface area contributed by atoms with Gasteiger partial charge in [0.2, 0.25) is 5.91 Å². The fourth-order valence-electron chi connectivity index (χ4n) is 2.40. The average molecular weight is 323 g/mol. The monoisotopic (exact) mass is 323 g/mol. The molecule has 6 nitrogen and oxygen atoms in total. The summed E-state index contributed by atoms with van der Waals surface area (Å²) in [6.07, 6.45) is 1.36. The Hall–Kier alpha value is -1.73. The third kappa shape index (κ3) is 3.36. The van der Waals surface area contributed by atoms with Gasteiger partial charge in [0.25, 0.3) is 5.56 Å². The number of carbonyl (C=O) groups excluding carboxylic acids is 1. The number of ether oxygens (including phenoxy) is 1. The Bertz CT molecular complexity index is 749. The molecule has 2 heterocycles. The molecule has 0 aliphatic carbocycles. The molecule has 0 spiro atoms. The molecule has 0 atom stereocenters. The van der Waals surface area contributed by atoms with E-state index in [4.69, 9.17) is 10.5 Å². The Morgan fingerprint density at radius 3 is 2.77 bits per heavy atom. The zero-order chi connectivity index (χ0) is 16.3. The minimum Gasteiger partial charge on any atom is -0.384 e. The highest BCUT2D eigenvalue weighted by atomic mass is 32.1. The van der Waals surface area contributed by atoms with E-state index in [1.54, 1.807) is 11.7 Å². The first-order chi connectivity index (χ1) is 10.5. The summed E-state index contributed by atoms with van der Waals surface area (Å²) in [5.74, 6) is 0.341. The number of amides is 1. The Morgan fingerprint density at radius 2 is 2.14 bits per heavy atom. The molecular formula is C15H21N3O3S. The van der Waals surface area contributed by atoms with Crippen molar-refractivity contribution in [2.24, 2.45) is 5.73 Å². The van der Waals surface area contributed by atoms with E-state index in [9.17, 15) is 9.59 Å². The molecule has 2 rings (SSSR count). The number of carbonyl (C=O) groups is 1. The molecule has 120 valence electrons. The maximum atomic E-state index is 12.8. The van der Waals surface area contributed by atoms with Crippen molar-refractivity contribution in [1.82, 2.24) is 9.55 Å². The SMILES string of the molecule is COCCc1nc2sc(C)c(C)c2c(=O)n1CCCC(N)=O. The lowest BCUT2D eigenvalue weighted by molar-refractivity contribution is -0.118. The van der Waals surface area contributed by atoms with Crippen LogP contribution in [0.4, 0.5) is 0 Å². The number of rotatable bonds is 7. The van der Waals surface area contributed by atoms with Crippen LogP contribution >= 0.6 is 11.3 Å². The molecule has 2 aromatic heterocycles. The van der Waals surface area contributed by atoms with Crippen molar-refractivity contribution in [2.75, 3.05) is 13.7 Å². The minimum absolute atomic E-state index is 0.0394. The van der Waals surface area contributed by atoms with Crippen molar-refractivity contribution in [2.45, 2.75) is 39.7 Å². The molecular weight excluding hydrogens is 302 g/mol. The smallest absolute Gasteiger partial charge is 0.262 e. The van der Waals surface area contributed by atoms with E-state index in [0.717, 1.165) is 15.3 Å². The first-order valence-electron chi connectivity index (χ1n) is 7.22. The number of nitrogens with zero attached hydrogens (tertiary/aromatic N) is 2. The molecule has 0 aromatic carbocycles. The van der Waals surface area contributed by atoms with Crippen LogP contribution in [0.3, 0.4) is 0 Å². The number of hydrogen-bond donors (Lipinski definition) is 1. The summed E-state index contributed by atoms with van der Waals surface area (Å²) in [6.45, 7) is 4.88. The fraction of sp³-hybridized carbons (Fsp3) is 0.533. The molecule has 0 aliphatic rings. The third-order valence-electron chi connectivity index (χ3n) is 3.70. The van der Waals surface area contributed by atoms with Crippen molar-refractivity contribution in [1.29, 1.82) is 0 Å². The van der Waals surface area contributed by atoms with Crippen LogP contribution in [-0.2, 0) is 22.5 Å². The molecule has 1 amide bonds. The standard InChI is InChI=1S/C15H21N3O3S/c1-9-10(2)22-14-13(9)15(20)18(7-4-5-11(16)19)12(17-14)6-8-21-3/h4-8H2,1-3H3,(H2,16,19). The van der Waals surface area contributed by atoms with Crippen molar-refractivity contribution in [3.63, 3.8) is 0 Å². The Labute approximate surface area is 132 Å². The van der Waals surface area contributed by atoms with Gasteiger partial charge in [0.15, 0.2) is 0 Å². The highest BCUT2D eigenvalue weighted by molar-refractivity contribution is 7.18. The number of thiophene rings is 1. The van der Waals surface area contributed by atoms with Gasteiger partial charge in [-0.05, 0) is 25.8 Å². The van der Waals surface area contributed by atoms with Crippen LogP contribution in [0, 0.1) is 13.8 Å². The van der Waals surface area contributed by atoms with E-state index in [2.05, 4.69) is 4.98 Å². The Balaban J connectivity index is 2.48. The first-order valence-corrected chi connectivity index (χ1v) is 8.04. The quantitative estimate of drug-likeness (QED) is 0.837. The van der Waals surface area contributed by atoms with E-state index in [0.29, 0.717) is 37.2 Å². The largest absolute Gasteiger partial charge is 0.384 e. The molecule has 0 aliphatic heterocycles. The van der Waals surface area contributed by atoms with Gasteiger partial charge in [0.1, 0.15) is 10.7 Å². The van der Waals surface area contributed by atoms with Crippen LogP contribution in [0.25, 0.3) is 10.2 Å². The van der Waals surface area contributed by atoms with Crippen molar-refractivity contribution < 1.29 is 9.53 Å². The van der Waals surface area contributed by atoms with E-state index in [-0.39, 0.29) is 17.9 Å². The summed E-state index contributed by atoms with van der Waals surface area (Å²) < 4.78 is 6.75. The Morgan fingerprint density at radius 1 is 1.41 bits per heavy atom. The second-order valence-corrected chi connectivity index (χ2v) is 6.46. The van der Waals surface area contributed by atoms with Crippen LogP contribution in [-0.4, -0.2) is 29.2 Å². The molecule has 0 unspecified atom stereocenters. The average Bonchev–Trinajstić information content (AvgIpc) is 2.74. The van der Waals surface area contributed by atoms with Gasteiger partial charge in [-0.1, -0.05) is 0 Å². The van der Waals surface area contributed by atoms with Gasteiger partial charge < -0.3 is 10.5 Å². The first kappa shape index (κ1) is 16.6. The zero-order valence-electron chi connectivity index (χ0n) is 13.1. The number of hydrogen-bond acceptors (Lipinski definition) is 5. The molecule has 0 saturated carbocycles. The number of aromatic nitrogens is 2. The Kier molecular flexibility index (Phi) is 5.31. The lowest BCUT2D eigenvalue weighted by atomic mass is 10.2. The summed E-state index contributed by atoms with van der Waals surface area (Å²) in [4.78, 5) is 30.2. The molecule has 0 fully saturated rings. The molecule has 2 aromatic rings. The van der Waals surface area contributed by atoms with Crippen LogP contribution < -0.4 is 11.3 Å². The second kappa shape index (κ2) is 7.02. The topological polar surface area (TPSA) is 87.2 Å². The molecule has 0 bridgehead atoms. The highest BCUT2D eigenvalue weighted by Gasteiger charge is 2.16. The number of nitrogens with two attached hydrogens (primary N) is 1. The van der Waals surface area contributed by atoms with Gasteiger partial charge in [-0.15, -0.1) is 11.3 Å². The van der Waals surface area contributed by atoms with Crippen LogP contribution in [0.5, 0.6) is 0 Å². The summed E-state index contributed by atoms with van der Waals surface area (Å²) in [7, 11) is 1.62. The molecule has 0 saturated heterocycles. The second-order valence-electron chi connectivity index (χ2n) is 5.26. The van der Waals surface area contributed by atoms with Crippen molar-refractivity contribution >= 4 is 27.5 Å². The maximum Gasteiger partial charge on any atom is 0.262 e. The van der Waals surface area contributed by atoms with Gasteiger partial charge >= 0.3 is 0 Å². The third-order valence-corrected chi connectivity index (χ3v) is 4.80. The molecule has 22 heavy (non-hydrogen) atoms. The zero-order valence-corrected chi connectivity index (χ0v) is 14.0. The number of primary amides is 1. The predicted octanol–water partition coefficient (Wildman–Crippen LogP) is 1.53. The van der Waals surface area contributed by atoms with E-state index < -0.39 is 0 Å². The number of methoxy groups -OCH3 is 1. The lowest BCUT2D eigenvalue weighted by Gasteiger charge is -2.12. The summed E-state index contributed by atoms with van der Waals surface area (Å²) >= 11 is 1.54. The van der Waals surface area contributed by atoms with E-state index in [1.807, 2.05) is 13.8 Å². The minimum atomic E-state index is -0.358. The van der Waals surface area contributed by atoms with Crippen molar-refractivity contribution in [3.05, 3.63) is 26.6 Å². The highest BCUT2D eigenvalue weighted by Crippen LogP contribution is 2.26. The van der Waals surface area contributed by atoms with Crippen LogP contribution in [0.2, 0.25) is 0 Å². The van der Waals surface area contributed by atoms with Gasteiger partial charge in [0.05, 0.1) is 12.0 Å².